The van der Waals surface area contributed by atoms with Crippen LogP contribution in [0.25, 0.3) is 21.5 Å². The number of rotatable bonds is 4. The average Bonchev–Trinajstić information content (AvgIpc) is 3.42. The Morgan fingerprint density at radius 1 is 1.10 bits per heavy atom. The van der Waals surface area contributed by atoms with Gasteiger partial charge in [-0.25, -0.2) is 9.37 Å². The average molecular weight is 423 g/mol. The number of halogens is 1. The fraction of sp³-hybridized carbons (Fsp3) is 0.182. The lowest BCUT2D eigenvalue weighted by Crippen LogP contribution is -2.36. The Kier molecular flexibility index (Phi) is 4.94. The van der Waals surface area contributed by atoms with Gasteiger partial charge in [0.1, 0.15) is 11.6 Å². The molecular formula is C22H18FN3O3S. The molecule has 6 nitrogen and oxygen atoms in total. The number of morpholine rings is 1. The number of hydrogen-bond acceptors (Lipinski definition) is 6. The minimum absolute atomic E-state index is 0.117. The van der Waals surface area contributed by atoms with Crippen LogP contribution in [0.5, 0.6) is 0 Å². The van der Waals surface area contributed by atoms with Crippen LogP contribution < -0.4 is 10.2 Å². The Morgan fingerprint density at radius 3 is 2.77 bits per heavy atom. The lowest BCUT2D eigenvalue weighted by atomic mass is 10.1. The zero-order valence-corrected chi connectivity index (χ0v) is 16.7. The molecule has 30 heavy (non-hydrogen) atoms. The first kappa shape index (κ1) is 18.8. The molecule has 3 heterocycles. The van der Waals surface area contributed by atoms with E-state index in [1.54, 1.807) is 41.7 Å². The third kappa shape index (κ3) is 3.67. The molecule has 0 unspecified atom stereocenters. The molecule has 4 aromatic rings. The van der Waals surface area contributed by atoms with E-state index in [9.17, 15) is 9.18 Å². The maximum Gasteiger partial charge on any atom is 0.291 e. The molecule has 0 saturated carbocycles. The monoisotopic (exact) mass is 423 g/mol. The largest absolute Gasteiger partial charge is 0.451 e. The number of hydrogen-bond donors (Lipinski definition) is 1. The number of furan rings is 1. The van der Waals surface area contributed by atoms with Crippen LogP contribution in [0.3, 0.4) is 0 Å². The SMILES string of the molecule is O=C(Nc1ccc2nc(N3CCOCC3)sc2c1)c1ccc(-c2ccccc2F)o1. The summed E-state index contributed by atoms with van der Waals surface area (Å²) in [4.78, 5) is 19.5. The summed E-state index contributed by atoms with van der Waals surface area (Å²) in [6.07, 6.45) is 0. The highest BCUT2D eigenvalue weighted by Gasteiger charge is 2.17. The summed E-state index contributed by atoms with van der Waals surface area (Å²) in [6.45, 7) is 3.06. The normalized spacial score (nSPS) is 14.2. The number of fused-ring (bicyclic) bond motifs is 1. The zero-order valence-electron chi connectivity index (χ0n) is 15.9. The van der Waals surface area contributed by atoms with Gasteiger partial charge in [-0.1, -0.05) is 23.5 Å². The van der Waals surface area contributed by atoms with Crippen LogP contribution in [-0.4, -0.2) is 37.2 Å². The van der Waals surface area contributed by atoms with E-state index >= 15 is 0 Å². The van der Waals surface area contributed by atoms with Crippen molar-refractivity contribution in [2.24, 2.45) is 0 Å². The van der Waals surface area contributed by atoms with Crippen molar-refractivity contribution >= 4 is 38.3 Å². The predicted molar refractivity (Wildman–Crippen MR) is 115 cm³/mol. The van der Waals surface area contributed by atoms with Crippen molar-refractivity contribution in [3.8, 4) is 11.3 Å². The van der Waals surface area contributed by atoms with E-state index in [1.807, 2.05) is 18.2 Å². The molecule has 0 atom stereocenters. The molecule has 152 valence electrons. The van der Waals surface area contributed by atoms with Crippen LogP contribution in [-0.2, 0) is 4.74 Å². The molecule has 2 aromatic carbocycles. The van der Waals surface area contributed by atoms with E-state index in [1.165, 1.54) is 6.07 Å². The molecular weight excluding hydrogens is 405 g/mol. The minimum atomic E-state index is -0.398. The van der Waals surface area contributed by atoms with Gasteiger partial charge in [-0.3, -0.25) is 4.79 Å². The summed E-state index contributed by atoms with van der Waals surface area (Å²) in [6, 6.07) is 15.0. The molecule has 1 aliphatic rings. The maximum atomic E-state index is 13.9. The van der Waals surface area contributed by atoms with Crippen molar-refractivity contribution in [2.75, 3.05) is 36.5 Å². The van der Waals surface area contributed by atoms with E-state index in [4.69, 9.17) is 9.15 Å². The summed E-state index contributed by atoms with van der Waals surface area (Å²) in [7, 11) is 0. The molecule has 0 spiro atoms. The van der Waals surface area contributed by atoms with Crippen LogP contribution >= 0.6 is 11.3 Å². The topological polar surface area (TPSA) is 67.6 Å². The van der Waals surface area contributed by atoms with Crippen molar-refractivity contribution in [3.05, 3.63) is 66.2 Å². The summed E-state index contributed by atoms with van der Waals surface area (Å²) < 4.78 is 25.9. The highest BCUT2D eigenvalue weighted by molar-refractivity contribution is 7.22. The van der Waals surface area contributed by atoms with Gasteiger partial charge in [-0.15, -0.1) is 0 Å². The quantitative estimate of drug-likeness (QED) is 0.511. The second-order valence-corrected chi connectivity index (χ2v) is 7.89. The molecule has 0 radical (unpaired) electrons. The fourth-order valence-electron chi connectivity index (χ4n) is 3.34. The van der Waals surface area contributed by atoms with Crippen molar-refractivity contribution in [2.45, 2.75) is 0 Å². The molecule has 0 aliphatic carbocycles. The summed E-state index contributed by atoms with van der Waals surface area (Å²) >= 11 is 1.59. The van der Waals surface area contributed by atoms with Crippen LogP contribution in [0, 0.1) is 5.82 Å². The second-order valence-electron chi connectivity index (χ2n) is 6.88. The van der Waals surface area contributed by atoms with Gasteiger partial charge in [0.15, 0.2) is 10.9 Å². The van der Waals surface area contributed by atoms with Crippen molar-refractivity contribution < 1.29 is 18.3 Å². The van der Waals surface area contributed by atoms with Crippen molar-refractivity contribution in [3.63, 3.8) is 0 Å². The highest BCUT2D eigenvalue weighted by atomic mass is 32.1. The summed E-state index contributed by atoms with van der Waals surface area (Å²) in [5.41, 5.74) is 1.85. The fourth-order valence-corrected chi connectivity index (χ4v) is 4.40. The van der Waals surface area contributed by atoms with Crippen molar-refractivity contribution in [1.82, 2.24) is 4.98 Å². The standard InChI is InChI=1S/C22H18FN3O3S/c23-16-4-2-1-3-15(16)18-7-8-19(29-18)21(27)24-14-5-6-17-20(13-14)30-22(25-17)26-9-11-28-12-10-26/h1-8,13H,9-12H2,(H,24,27). The van der Waals surface area contributed by atoms with Gasteiger partial charge in [-0.05, 0) is 42.5 Å². The van der Waals surface area contributed by atoms with Crippen molar-refractivity contribution in [1.29, 1.82) is 0 Å². The molecule has 1 N–H and O–H groups in total. The number of aromatic nitrogens is 1. The molecule has 0 bridgehead atoms. The third-order valence-corrected chi connectivity index (χ3v) is 5.96. The Bertz CT molecular complexity index is 1210. The smallest absolute Gasteiger partial charge is 0.291 e. The Labute approximate surface area is 175 Å². The molecule has 1 saturated heterocycles. The minimum Gasteiger partial charge on any atom is -0.451 e. The lowest BCUT2D eigenvalue weighted by Gasteiger charge is -2.25. The number of nitrogens with one attached hydrogen (secondary N) is 1. The molecule has 1 fully saturated rings. The lowest BCUT2D eigenvalue weighted by molar-refractivity contribution is 0.0997. The number of anilines is 2. The second kappa shape index (κ2) is 7.89. The van der Waals surface area contributed by atoms with E-state index in [0.29, 0.717) is 30.2 Å². The number of benzene rings is 2. The van der Waals surface area contributed by atoms with Gasteiger partial charge in [-0.2, -0.15) is 0 Å². The van der Waals surface area contributed by atoms with Crippen LogP contribution in [0.1, 0.15) is 10.6 Å². The number of thiazole rings is 1. The van der Waals surface area contributed by atoms with E-state index in [-0.39, 0.29) is 5.76 Å². The Morgan fingerprint density at radius 2 is 1.93 bits per heavy atom. The van der Waals surface area contributed by atoms with Gasteiger partial charge in [0.2, 0.25) is 0 Å². The number of carbonyl (C=O) groups excluding carboxylic acids is 1. The maximum absolute atomic E-state index is 13.9. The van der Waals surface area contributed by atoms with Gasteiger partial charge in [0, 0.05) is 18.8 Å². The Balaban J connectivity index is 1.34. The van der Waals surface area contributed by atoms with E-state index in [0.717, 1.165) is 28.4 Å². The number of nitrogens with zero attached hydrogens (tertiary/aromatic N) is 2. The molecule has 1 aliphatic heterocycles. The van der Waals surface area contributed by atoms with Gasteiger partial charge in [0.05, 0.1) is 29.0 Å². The van der Waals surface area contributed by atoms with Crippen LogP contribution in [0.15, 0.2) is 59.0 Å². The van der Waals surface area contributed by atoms with Gasteiger partial charge >= 0.3 is 0 Å². The highest BCUT2D eigenvalue weighted by Crippen LogP contribution is 2.31. The first-order valence-electron chi connectivity index (χ1n) is 9.57. The first-order valence-corrected chi connectivity index (χ1v) is 10.4. The van der Waals surface area contributed by atoms with Crippen LogP contribution in [0.4, 0.5) is 15.2 Å². The van der Waals surface area contributed by atoms with Gasteiger partial charge in [0.25, 0.3) is 5.91 Å². The molecule has 5 rings (SSSR count). The number of carbonyl (C=O) groups is 1. The molecule has 2 aromatic heterocycles. The Hall–Kier alpha value is -3.23. The summed E-state index contributed by atoms with van der Waals surface area (Å²) in [5, 5.41) is 3.79. The van der Waals surface area contributed by atoms with Crippen LogP contribution in [0.2, 0.25) is 0 Å². The van der Waals surface area contributed by atoms with E-state index < -0.39 is 11.7 Å². The van der Waals surface area contributed by atoms with E-state index in [2.05, 4.69) is 15.2 Å². The predicted octanol–water partition coefficient (Wildman–Crippen LogP) is 4.78. The first-order chi connectivity index (χ1) is 14.7. The third-order valence-electron chi connectivity index (χ3n) is 4.89. The number of ether oxygens (including phenoxy) is 1. The van der Waals surface area contributed by atoms with Gasteiger partial charge < -0.3 is 19.4 Å². The number of amides is 1. The summed E-state index contributed by atoms with van der Waals surface area (Å²) in [5.74, 6) is -0.363. The molecule has 8 heteroatoms. The zero-order chi connectivity index (χ0) is 20.5. The molecule has 1 amide bonds.